The van der Waals surface area contributed by atoms with E-state index in [2.05, 4.69) is 21.4 Å². The molecule has 0 atom stereocenters. The molecule has 0 fully saturated rings. The number of benzene rings is 1. The van der Waals surface area contributed by atoms with Crippen LogP contribution in [0.15, 0.2) is 42.7 Å². The van der Waals surface area contributed by atoms with Gasteiger partial charge in [-0.2, -0.15) is 0 Å². The lowest BCUT2D eigenvalue weighted by atomic mass is 10.1. The zero-order chi connectivity index (χ0) is 14.8. The minimum absolute atomic E-state index is 0.308. The standard InChI is InChI=1S/C16H14N4O/c1-11-5-6-15(12(2)8-11)20-16(14(10-21)18-19-20)13-4-3-7-17-9-13/h3-10H,1-2H3. The van der Waals surface area contributed by atoms with E-state index in [1.54, 1.807) is 17.1 Å². The number of nitrogens with zero attached hydrogens (tertiary/aromatic N) is 4. The summed E-state index contributed by atoms with van der Waals surface area (Å²) in [6.45, 7) is 4.05. The van der Waals surface area contributed by atoms with Crippen LogP contribution in [0.2, 0.25) is 0 Å². The predicted molar refractivity (Wildman–Crippen MR) is 79.5 cm³/mol. The molecule has 0 saturated heterocycles. The summed E-state index contributed by atoms with van der Waals surface area (Å²) >= 11 is 0. The van der Waals surface area contributed by atoms with Gasteiger partial charge in [0.05, 0.1) is 5.69 Å². The SMILES string of the molecule is Cc1ccc(-n2nnc(C=O)c2-c2cccnc2)c(C)c1. The first-order valence-electron chi connectivity index (χ1n) is 6.59. The fourth-order valence-electron chi connectivity index (χ4n) is 2.36. The summed E-state index contributed by atoms with van der Waals surface area (Å²) in [5.74, 6) is 0. The van der Waals surface area contributed by atoms with Crippen LogP contribution in [-0.2, 0) is 0 Å². The molecule has 2 heterocycles. The molecule has 1 aromatic carbocycles. The molecule has 0 spiro atoms. The van der Waals surface area contributed by atoms with Gasteiger partial charge in [-0.1, -0.05) is 22.9 Å². The van der Waals surface area contributed by atoms with Crippen molar-refractivity contribution in [1.82, 2.24) is 20.0 Å². The van der Waals surface area contributed by atoms with Crippen LogP contribution in [0.25, 0.3) is 16.9 Å². The van der Waals surface area contributed by atoms with Crippen LogP contribution in [0.3, 0.4) is 0 Å². The van der Waals surface area contributed by atoms with E-state index in [-0.39, 0.29) is 0 Å². The second-order valence-electron chi connectivity index (χ2n) is 4.88. The Bertz CT molecular complexity index is 793. The first kappa shape index (κ1) is 13.2. The van der Waals surface area contributed by atoms with E-state index >= 15 is 0 Å². The predicted octanol–water partition coefficient (Wildman–Crippen LogP) is 2.76. The number of aromatic nitrogens is 4. The monoisotopic (exact) mass is 278 g/mol. The second kappa shape index (κ2) is 5.28. The van der Waals surface area contributed by atoms with Gasteiger partial charge < -0.3 is 0 Å². The normalized spacial score (nSPS) is 10.6. The van der Waals surface area contributed by atoms with Crippen molar-refractivity contribution in [3.63, 3.8) is 0 Å². The van der Waals surface area contributed by atoms with E-state index in [0.29, 0.717) is 11.4 Å². The molecule has 0 bridgehead atoms. The maximum absolute atomic E-state index is 11.2. The number of hydrogen-bond donors (Lipinski definition) is 0. The van der Waals surface area contributed by atoms with Crippen molar-refractivity contribution in [3.8, 4) is 16.9 Å². The van der Waals surface area contributed by atoms with Gasteiger partial charge in [0.25, 0.3) is 0 Å². The number of aryl methyl sites for hydroxylation is 2. The van der Waals surface area contributed by atoms with E-state index in [1.165, 1.54) is 5.56 Å². The average Bonchev–Trinajstić information content (AvgIpc) is 2.92. The molecule has 3 rings (SSSR count). The number of hydrogen-bond acceptors (Lipinski definition) is 4. The van der Waals surface area contributed by atoms with Crippen LogP contribution < -0.4 is 0 Å². The molecule has 0 aliphatic heterocycles. The Morgan fingerprint density at radius 1 is 1.19 bits per heavy atom. The molecule has 0 radical (unpaired) electrons. The Balaban J connectivity index is 2.25. The van der Waals surface area contributed by atoms with Gasteiger partial charge in [0.2, 0.25) is 0 Å². The highest BCUT2D eigenvalue weighted by molar-refractivity contribution is 5.83. The fraction of sp³-hybridized carbons (Fsp3) is 0.125. The molecule has 5 nitrogen and oxygen atoms in total. The van der Waals surface area contributed by atoms with Crippen LogP contribution in [0, 0.1) is 13.8 Å². The van der Waals surface area contributed by atoms with E-state index in [0.717, 1.165) is 23.1 Å². The van der Waals surface area contributed by atoms with Gasteiger partial charge in [-0.15, -0.1) is 5.10 Å². The number of rotatable bonds is 3. The molecular formula is C16H14N4O. The van der Waals surface area contributed by atoms with Gasteiger partial charge in [0.1, 0.15) is 5.69 Å². The van der Waals surface area contributed by atoms with Crippen molar-refractivity contribution >= 4 is 6.29 Å². The van der Waals surface area contributed by atoms with Crippen molar-refractivity contribution in [2.24, 2.45) is 0 Å². The minimum Gasteiger partial charge on any atom is -0.296 e. The zero-order valence-corrected chi connectivity index (χ0v) is 11.8. The van der Waals surface area contributed by atoms with Crippen LogP contribution in [0.4, 0.5) is 0 Å². The van der Waals surface area contributed by atoms with Gasteiger partial charge in [-0.25, -0.2) is 4.68 Å². The van der Waals surface area contributed by atoms with Gasteiger partial charge in [-0.05, 0) is 37.6 Å². The third-order valence-electron chi connectivity index (χ3n) is 3.32. The van der Waals surface area contributed by atoms with Crippen molar-refractivity contribution in [3.05, 3.63) is 59.5 Å². The van der Waals surface area contributed by atoms with Gasteiger partial charge in [0.15, 0.2) is 12.0 Å². The molecule has 0 aliphatic rings. The molecule has 0 saturated carbocycles. The Hall–Kier alpha value is -2.82. The lowest BCUT2D eigenvalue weighted by Gasteiger charge is -2.10. The van der Waals surface area contributed by atoms with Crippen molar-refractivity contribution < 1.29 is 4.79 Å². The Morgan fingerprint density at radius 2 is 2.05 bits per heavy atom. The summed E-state index contributed by atoms with van der Waals surface area (Å²) in [6, 6.07) is 9.78. The highest BCUT2D eigenvalue weighted by atomic mass is 16.1. The highest BCUT2D eigenvalue weighted by Crippen LogP contribution is 2.25. The minimum atomic E-state index is 0.308. The Kier molecular flexibility index (Phi) is 3.31. The molecule has 104 valence electrons. The first-order chi connectivity index (χ1) is 10.2. The summed E-state index contributed by atoms with van der Waals surface area (Å²) in [7, 11) is 0. The van der Waals surface area contributed by atoms with Crippen LogP contribution >= 0.6 is 0 Å². The third kappa shape index (κ3) is 2.33. The zero-order valence-electron chi connectivity index (χ0n) is 11.8. The third-order valence-corrected chi connectivity index (χ3v) is 3.32. The molecule has 0 N–H and O–H groups in total. The summed E-state index contributed by atoms with van der Waals surface area (Å²) in [6.07, 6.45) is 4.11. The Labute approximate surface area is 122 Å². The first-order valence-corrected chi connectivity index (χ1v) is 6.59. The van der Waals surface area contributed by atoms with Crippen molar-refractivity contribution in [2.75, 3.05) is 0 Å². The number of pyridine rings is 1. The van der Waals surface area contributed by atoms with Gasteiger partial charge in [-0.3, -0.25) is 9.78 Å². The maximum Gasteiger partial charge on any atom is 0.172 e. The van der Waals surface area contributed by atoms with Gasteiger partial charge in [0, 0.05) is 18.0 Å². The maximum atomic E-state index is 11.2. The molecule has 0 aliphatic carbocycles. The molecule has 3 aromatic rings. The van der Waals surface area contributed by atoms with Crippen LogP contribution in [0.1, 0.15) is 21.6 Å². The van der Waals surface area contributed by atoms with E-state index < -0.39 is 0 Å². The van der Waals surface area contributed by atoms with E-state index in [1.807, 2.05) is 38.1 Å². The van der Waals surface area contributed by atoms with Crippen LogP contribution in [0.5, 0.6) is 0 Å². The Morgan fingerprint density at radius 3 is 2.71 bits per heavy atom. The summed E-state index contributed by atoms with van der Waals surface area (Å²) < 4.78 is 1.69. The molecule has 0 unspecified atom stereocenters. The van der Waals surface area contributed by atoms with Crippen molar-refractivity contribution in [1.29, 1.82) is 0 Å². The fourth-order valence-corrected chi connectivity index (χ4v) is 2.36. The summed E-state index contributed by atoms with van der Waals surface area (Å²) in [4.78, 5) is 15.4. The van der Waals surface area contributed by atoms with Crippen LogP contribution in [-0.4, -0.2) is 26.3 Å². The highest BCUT2D eigenvalue weighted by Gasteiger charge is 2.17. The van der Waals surface area contributed by atoms with Crippen molar-refractivity contribution in [2.45, 2.75) is 13.8 Å². The van der Waals surface area contributed by atoms with E-state index in [4.69, 9.17) is 0 Å². The molecular weight excluding hydrogens is 264 g/mol. The molecule has 5 heteroatoms. The summed E-state index contributed by atoms with van der Waals surface area (Å²) in [5, 5.41) is 8.10. The summed E-state index contributed by atoms with van der Waals surface area (Å²) in [5.41, 5.74) is 4.93. The lowest BCUT2D eigenvalue weighted by molar-refractivity contribution is 0.111. The van der Waals surface area contributed by atoms with E-state index in [9.17, 15) is 4.79 Å². The topological polar surface area (TPSA) is 60.7 Å². The number of carbonyl (C=O) groups excluding carboxylic acids is 1. The lowest BCUT2D eigenvalue weighted by Crippen LogP contribution is -2.02. The second-order valence-corrected chi connectivity index (χ2v) is 4.88. The average molecular weight is 278 g/mol. The largest absolute Gasteiger partial charge is 0.296 e. The quantitative estimate of drug-likeness (QED) is 0.691. The molecule has 2 aromatic heterocycles. The molecule has 0 amide bonds. The number of aldehydes is 1. The van der Waals surface area contributed by atoms with Gasteiger partial charge >= 0.3 is 0 Å². The smallest absolute Gasteiger partial charge is 0.172 e. The molecule has 21 heavy (non-hydrogen) atoms. The number of carbonyl (C=O) groups is 1.